The van der Waals surface area contributed by atoms with Crippen molar-refractivity contribution in [1.29, 1.82) is 0 Å². The Bertz CT molecular complexity index is 826. The molecular weight excluding hydrogens is 360 g/mol. The summed E-state index contributed by atoms with van der Waals surface area (Å²) in [5.74, 6) is -0.522. The van der Waals surface area contributed by atoms with Crippen molar-refractivity contribution in [3.8, 4) is 0 Å². The van der Waals surface area contributed by atoms with E-state index in [1.807, 2.05) is 48.7 Å². The zero-order valence-electron chi connectivity index (χ0n) is 15.7. The van der Waals surface area contributed by atoms with E-state index in [-0.39, 0.29) is 11.8 Å². The smallest absolute Gasteiger partial charge is 0.278 e. The summed E-state index contributed by atoms with van der Waals surface area (Å²) >= 11 is 1.46. The average Bonchev–Trinajstić information content (AvgIpc) is 3.28. The minimum absolute atomic E-state index is 0.244. The number of nitrogens with one attached hydrogen (secondary N) is 1. The number of carbonyl (C=O) groups is 2. The zero-order valence-corrected chi connectivity index (χ0v) is 16.5. The molecule has 0 fully saturated rings. The van der Waals surface area contributed by atoms with Crippen LogP contribution in [0.5, 0.6) is 0 Å². The highest BCUT2D eigenvalue weighted by Gasteiger charge is 2.39. The number of carbonyl (C=O) groups excluding carboxylic acids is 2. The number of aryl methyl sites for hydroxylation is 1. The first-order valence-corrected chi connectivity index (χ1v) is 10.1. The van der Waals surface area contributed by atoms with Crippen LogP contribution in [0.2, 0.25) is 0 Å². The lowest BCUT2D eigenvalue weighted by atomic mass is 10.1. The molecule has 6 heteroatoms. The van der Waals surface area contributed by atoms with E-state index < -0.39 is 0 Å². The van der Waals surface area contributed by atoms with Gasteiger partial charge in [0.2, 0.25) is 0 Å². The van der Waals surface area contributed by atoms with Gasteiger partial charge in [-0.05, 0) is 48.9 Å². The fourth-order valence-electron chi connectivity index (χ4n) is 2.98. The summed E-state index contributed by atoms with van der Waals surface area (Å²) in [5, 5.41) is 5.09. The van der Waals surface area contributed by atoms with E-state index in [1.165, 1.54) is 21.8 Å². The van der Waals surface area contributed by atoms with E-state index >= 15 is 0 Å². The molecule has 0 saturated carbocycles. The van der Waals surface area contributed by atoms with Crippen LogP contribution in [0.25, 0.3) is 5.57 Å². The predicted octanol–water partition coefficient (Wildman–Crippen LogP) is 3.93. The van der Waals surface area contributed by atoms with Gasteiger partial charge < -0.3 is 10.1 Å². The topological polar surface area (TPSA) is 58.6 Å². The summed E-state index contributed by atoms with van der Waals surface area (Å²) in [5.41, 5.74) is 2.82. The molecule has 1 aromatic carbocycles. The number of thiophene rings is 1. The summed E-state index contributed by atoms with van der Waals surface area (Å²) in [6.45, 7) is 5.53. The van der Waals surface area contributed by atoms with Crippen molar-refractivity contribution in [1.82, 2.24) is 4.90 Å². The Hall–Kier alpha value is -2.44. The van der Waals surface area contributed by atoms with Gasteiger partial charge in [-0.25, -0.2) is 0 Å². The van der Waals surface area contributed by atoms with Crippen molar-refractivity contribution in [3.63, 3.8) is 0 Å². The average molecular weight is 385 g/mol. The van der Waals surface area contributed by atoms with Crippen molar-refractivity contribution < 1.29 is 14.3 Å². The highest BCUT2D eigenvalue weighted by molar-refractivity contribution is 7.11. The summed E-state index contributed by atoms with van der Waals surface area (Å²) in [7, 11) is 0. The molecule has 1 aliphatic rings. The van der Waals surface area contributed by atoms with Gasteiger partial charge >= 0.3 is 0 Å². The molecule has 1 N–H and O–H groups in total. The van der Waals surface area contributed by atoms with Gasteiger partial charge in [0.15, 0.2) is 0 Å². The number of rotatable bonds is 9. The molecule has 2 heterocycles. The van der Waals surface area contributed by atoms with Crippen molar-refractivity contribution in [2.75, 3.05) is 25.1 Å². The summed E-state index contributed by atoms with van der Waals surface area (Å²) in [6.07, 6.45) is 1.58. The van der Waals surface area contributed by atoms with Crippen LogP contribution in [0.4, 0.5) is 5.69 Å². The molecule has 0 spiro atoms. The number of amides is 2. The third-order valence-corrected chi connectivity index (χ3v) is 5.33. The maximum Gasteiger partial charge on any atom is 0.278 e. The summed E-state index contributed by atoms with van der Waals surface area (Å²) < 4.78 is 5.33. The van der Waals surface area contributed by atoms with Gasteiger partial charge in [-0.15, -0.1) is 11.3 Å². The third-order valence-electron chi connectivity index (χ3n) is 4.44. The number of anilines is 1. The Morgan fingerprint density at radius 2 is 1.85 bits per heavy atom. The number of imide groups is 1. The summed E-state index contributed by atoms with van der Waals surface area (Å²) in [6, 6.07) is 11.7. The first kappa shape index (κ1) is 19.3. The summed E-state index contributed by atoms with van der Waals surface area (Å²) in [4.78, 5) is 28.0. The Morgan fingerprint density at radius 1 is 1.07 bits per heavy atom. The Kier molecular flexibility index (Phi) is 6.42. The molecule has 5 nitrogen and oxygen atoms in total. The van der Waals surface area contributed by atoms with Crippen molar-refractivity contribution in [2.45, 2.75) is 26.7 Å². The quantitative estimate of drug-likeness (QED) is 0.526. The molecule has 3 rings (SSSR count). The molecular formula is C21H24N2O3S. The van der Waals surface area contributed by atoms with Crippen LogP contribution in [-0.4, -0.2) is 36.5 Å². The standard InChI is InChI=1S/C21H24N2O3S/c1-3-15-8-10-16(11-9-15)22-19-18(17-7-5-14-27-17)20(24)23(21(19)25)12-6-13-26-4-2/h5,7-11,14,22H,3-4,6,12-13H2,1-2H3. The molecule has 2 amide bonds. The van der Waals surface area contributed by atoms with Gasteiger partial charge in [0.25, 0.3) is 11.8 Å². The van der Waals surface area contributed by atoms with E-state index in [9.17, 15) is 9.59 Å². The number of ether oxygens (including phenoxy) is 1. The number of hydrogen-bond acceptors (Lipinski definition) is 5. The second-order valence-corrected chi connectivity index (χ2v) is 7.16. The normalized spacial score (nSPS) is 14.4. The van der Waals surface area contributed by atoms with E-state index in [4.69, 9.17) is 4.74 Å². The van der Waals surface area contributed by atoms with Crippen LogP contribution in [0.3, 0.4) is 0 Å². The minimum atomic E-state index is -0.278. The van der Waals surface area contributed by atoms with E-state index in [1.54, 1.807) is 0 Å². The van der Waals surface area contributed by atoms with Crippen molar-refractivity contribution >= 4 is 34.4 Å². The van der Waals surface area contributed by atoms with Crippen LogP contribution in [0, 0.1) is 0 Å². The van der Waals surface area contributed by atoms with Gasteiger partial charge in [0.05, 0.1) is 5.57 Å². The van der Waals surface area contributed by atoms with Crippen molar-refractivity contribution in [3.05, 3.63) is 57.9 Å². The van der Waals surface area contributed by atoms with Gasteiger partial charge in [0, 0.05) is 30.3 Å². The highest BCUT2D eigenvalue weighted by Crippen LogP contribution is 2.32. The minimum Gasteiger partial charge on any atom is -0.382 e. The van der Waals surface area contributed by atoms with Crippen molar-refractivity contribution in [2.24, 2.45) is 0 Å². The van der Waals surface area contributed by atoms with Crippen LogP contribution < -0.4 is 5.32 Å². The molecule has 0 saturated heterocycles. The lowest BCUT2D eigenvalue weighted by Crippen LogP contribution is -2.33. The Balaban J connectivity index is 1.85. The SMILES string of the molecule is CCOCCCN1C(=O)C(Nc2ccc(CC)cc2)=C(c2cccs2)C1=O. The number of nitrogens with zero attached hydrogens (tertiary/aromatic N) is 1. The number of hydrogen-bond donors (Lipinski definition) is 1. The first-order chi connectivity index (χ1) is 13.2. The van der Waals surface area contributed by atoms with Crippen LogP contribution in [0.1, 0.15) is 30.7 Å². The highest BCUT2D eigenvalue weighted by atomic mass is 32.1. The van der Waals surface area contributed by atoms with Crippen LogP contribution in [-0.2, 0) is 20.7 Å². The molecule has 0 aliphatic carbocycles. The lowest BCUT2D eigenvalue weighted by Gasteiger charge is -2.15. The van der Waals surface area contributed by atoms with Gasteiger partial charge in [0.1, 0.15) is 5.70 Å². The molecule has 0 bridgehead atoms. The molecule has 0 radical (unpaired) electrons. The van der Waals surface area contributed by atoms with Crippen LogP contribution in [0.15, 0.2) is 47.5 Å². The first-order valence-electron chi connectivity index (χ1n) is 9.23. The van der Waals surface area contributed by atoms with Gasteiger partial charge in [-0.1, -0.05) is 25.1 Å². The molecule has 142 valence electrons. The largest absolute Gasteiger partial charge is 0.382 e. The van der Waals surface area contributed by atoms with Gasteiger partial charge in [-0.3, -0.25) is 14.5 Å². The Morgan fingerprint density at radius 3 is 2.48 bits per heavy atom. The fraction of sp³-hybridized carbons (Fsp3) is 0.333. The molecule has 2 aromatic rings. The predicted molar refractivity (Wildman–Crippen MR) is 109 cm³/mol. The fourth-order valence-corrected chi connectivity index (χ4v) is 3.75. The molecule has 0 unspecified atom stereocenters. The van der Waals surface area contributed by atoms with Crippen LogP contribution >= 0.6 is 11.3 Å². The van der Waals surface area contributed by atoms with E-state index in [0.717, 1.165) is 17.0 Å². The molecule has 27 heavy (non-hydrogen) atoms. The van der Waals surface area contributed by atoms with E-state index in [2.05, 4.69) is 12.2 Å². The second-order valence-electron chi connectivity index (χ2n) is 6.22. The number of benzene rings is 1. The van der Waals surface area contributed by atoms with E-state index in [0.29, 0.717) is 37.4 Å². The maximum atomic E-state index is 13.0. The maximum absolute atomic E-state index is 13.0. The molecule has 1 aliphatic heterocycles. The zero-order chi connectivity index (χ0) is 19.2. The lowest BCUT2D eigenvalue weighted by molar-refractivity contribution is -0.137. The van der Waals surface area contributed by atoms with Gasteiger partial charge in [-0.2, -0.15) is 0 Å². The molecule has 0 atom stereocenters. The third kappa shape index (κ3) is 4.28. The molecule has 1 aromatic heterocycles. The Labute approximate surface area is 163 Å². The second kappa shape index (κ2) is 8.97. The monoisotopic (exact) mass is 384 g/mol.